The van der Waals surface area contributed by atoms with Gasteiger partial charge in [0, 0.05) is 25.5 Å². The fourth-order valence-electron chi connectivity index (χ4n) is 0.961. The first-order valence-corrected chi connectivity index (χ1v) is 8.47. The minimum absolute atomic E-state index is 0.277. The smallest absolute Gasteiger partial charge is 0.247 e. The maximum absolute atomic E-state index is 9.54. The molecule has 1 N–H and O–H groups in total. The molecule has 0 aromatic heterocycles. The lowest BCUT2D eigenvalue weighted by atomic mass is 10.2. The second-order valence-corrected chi connectivity index (χ2v) is 9.24. The van der Waals surface area contributed by atoms with Gasteiger partial charge in [-0.05, 0) is 17.9 Å². The van der Waals surface area contributed by atoms with Crippen molar-refractivity contribution in [3.8, 4) is 5.75 Å². The normalized spacial score (nSPS) is 11.6. The summed E-state index contributed by atoms with van der Waals surface area (Å²) in [7, 11) is 3.09. The van der Waals surface area contributed by atoms with Gasteiger partial charge in [0.05, 0.1) is 0 Å². The summed E-state index contributed by atoms with van der Waals surface area (Å²) in [5, 5.41) is 9.54. The molecule has 15 heavy (non-hydrogen) atoms. The highest BCUT2D eigenvalue weighted by molar-refractivity contribution is 8.67. The number of hydrogen-bond acceptors (Lipinski definition) is 5. The summed E-state index contributed by atoms with van der Waals surface area (Å²) in [6, 6.07) is 7.16. The lowest BCUT2D eigenvalue weighted by Crippen LogP contribution is -1.86. The number of para-hydroxylation sites is 1. The van der Waals surface area contributed by atoms with Crippen molar-refractivity contribution in [1.29, 1.82) is 0 Å². The Hall–Kier alpha value is -0.0600. The summed E-state index contributed by atoms with van der Waals surface area (Å²) >= 11 is 6.61. The van der Waals surface area contributed by atoms with Crippen LogP contribution in [0.15, 0.2) is 24.3 Å². The van der Waals surface area contributed by atoms with E-state index in [1.54, 1.807) is 26.4 Å². The number of phenols is 1. The van der Waals surface area contributed by atoms with E-state index in [0.717, 1.165) is 5.56 Å². The molecule has 0 atom stereocenters. The van der Waals surface area contributed by atoms with Crippen LogP contribution in [0.3, 0.4) is 0 Å². The maximum atomic E-state index is 9.54. The second kappa shape index (κ2) is 5.87. The molecule has 0 aliphatic carbocycles. The Morgan fingerprint density at radius 3 is 2.47 bits per heavy atom. The zero-order chi connectivity index (χ0) is 11.3. The largest absolute Gasteiger partial charge is 0.508 e. The van der Waals surface area contributed by atoms with E-state index >= 15 is 0 Å². The van der Waals surface area contributed by atoms with Crippen molar-refractivity contribution in [2.45, 2.75) is 5.75 Å². The van der Waals surface area contributed by atoms with E-state index in [2.05, 4.69) is 0 Å². The number of rotatable bonds is 5. The highest BCUT2D eigenvalue weighted by atomic mass is 32.9. The third kappa shape index (κ3) is 3.78. The van der Waals surface area contributed by atoms with Gasteiger partial charge in [0.2, 0.25) is 5.69 Å². The highest BCUT2D eigenvalue weighted by Crippen LogP contribution is 2.61. The van der Waals surface area contributed by atoms with Crippen LogP contribution in [0.2, 0.25) is 0 Å². The summed E-state index contributed by atoms with van der Waals surface area (Å²) in [6.07, 6.45) is 0. The number of hydrogen-bond donors (Lipinski definition) is 1. The van der Waals surface area contributed by atoms with Gasteiger partial charge >= 0.3 is 0 Å². The fourth-order valence-corrected chi connectivity index (χ4v) is 3.86. The first-order valence-electron chi connectivity index (χ1n) is 4.24. The minimum Gasteiger partial charge on any atom is -0.508 e. The van der Waals surface area contributed by atoms with Gasteiger partial charge in [0.25, 0.3) is 0 Å². The van der Waals surface area contributed by atoms with Crippen LogP contribution in [0, 0.1) is 0 Å². The first-order chi connectivity index (χ1) is 7.11. The molecule has 0 saturated heterocycles. The van der Waals surface area contributed by atoms with Gasteiger partial charge < -0.3 is 14.2 Å². The van der Waals surface area contributed by atoms with Crippen molar-refractivity contribution < 1.29 is 14.2 Å². The van der Waals surface area contributed by atoms with E-state index < -0.39 is 5.69 Å². The monoisotopic (exact) mass is 264 g/mol. The second-order valence-electron chi connectivity index (χ2n) is 2.71. The molecular formula is C9H13O3PS2. The summed E-state index contributed by atoms with van der Waals surface area (Å²) in [4.78, 5) is 0. The molecule has 0 aliphatic rings. The molecule has 0 bridgehead atoms. The van der Waals surface area contributed by atoms with Crippen LogP contribution in [0.5, 0.6) is 5.75 Å². The number of aromatic hydroxyl groups is 1. The summed E-state index contributed by atoms with van der Waals surface area (Å²) < 4.78 is 10.3. The first kappa shape index (κ1) is 13.0. The van der Waals surface area contributed by atoms with Gasteiger partial charge in [-0.25, -0.2) is 0 Å². The van der Waals surface area contributed by atoms with E-state index in [1.807, 2.05) is 12.1 Å². The van der Waals surface area contributed by atoms with Gasteiger partial charge in [-0.15, -0.1) is 0 Å². The molecule has 3 nitrogen and oxygen atoms in total. The molecule has 84 valence electrons. The molecule has 0 saturated carbocycles. The van der Waals surface area contributed by atoms with Crippen LogP contribution < -0.4 is 0 Å². The Kier molecular flexibility index (Phi) is 5.09. The SMILES string of the molecule is COP(=S)(OC)SCc1ccccc1O. The number of phenolic OH excluding ortho intramolecular Hbond substituents is 1. The molecular weight excluding hydrogens is 251 g/mol. The standard InChI is InChI=1S/C9H13O3PS2/c1-11-13(14,12-2)15-7-8-5-3-4-6-9(8)10/h3-6,10H,7H2,1-2H3. The average Bonchev–Trinajstić information content (AvgIpc) is 2.28. The Labute approximate surface area is 98.7 Å². The van der Waals surface area contributed by atoms with Crippen molar-refractivity contribution in [2.75, 3.05) is 14.2 Å². The predicted octanol–water partition coefficient (Wildman–Crippen LogP) is 3.14. The summed E-state index contributed by atoms with van der Waals surface area (Å²) in [5.74, 6) is 0.866. The average molecular weight is 264 g/mol. The van der Waals surface area contributed by atoms with Gasteiger partial charge in [-0.1, -0.05) is 29.6 Å². The molecule has 0 radical (unpaired) electrons. The molecule has 0 aliphatic heterocycles. The Bertz CT molecular complexity index is 362. The van der Waals surface area contributed by atoms with Crippen LogP contribution in [0.4, 0.5) is 0 Å². The highest BCUT2D eigenvalue weighted by Gasteiger charge is 2.16. The van der Waals surface area contributed by atoms with E-state index in [1.165, 1.54) is 11.4 Å². The third-order valence-electron chi connectivity index (χ3n) is 1.82. The Balaban J connectivity index is 2.65. The van der Waals surface area contributed by atoms with Gasteiger partial charge in [-0.3, -0.25) is 0 Å². The van der Waals surface area contributed by atoms with E-state index in [4.69, 9.17) is 20.9 Å². The molecule has 0 fully saturated rings. The molecule has 0 heterocycles. The lowest BCUT2D eigenvalue weighted by molar-refractivity contribution is 0.354. The van der Waals surface area contributed by atoms with E-state index in [9.17, 15) is 5.11 Å². The minimum atomic E-state index is -2.23. The van der Waals surface area contributed by atoms with Gasteiger partial charge in [0.15, 0.2) is 0 Å². The van der Waals surface area contributed by atoms with E-state index in [-0.39, 0.29) is 5.75 Å². The topological polar surface area (TPSA) is 38.7 Å². The van der Waals surface area contributed by atoms with E-state index in [0.29, 0.717) is 5.75 Å². The molecule has 0 amide bonds. The molecule has 1 aromatic carbocycles. The van der Waals surface area contributed by atoms with Crippen molar-refractivity contribution in [2.24, 2.45) is 0 Å². The van der Waals surface area contributed by atoms with Crippen molar-refractivity contribution >= 4 is 28.9 Å². The van der Waals surface area contributed by atoms with Gasteiger partial charge in [-0.2, -0.15) is 0 Å². The summed E-state index contributed by atoms with van der Waals surface area (Å²) in [5.41, 5.74) is -1.39. The molecule has 6 heteroatoms. The molecule has 1 aromatic rings. The zero-order valence-electron chi connectivity index (χ0n) is 8.54. The van der Waals surface area contributed by atoms with Crippen molar-refractivity contribution in [3.05, 3.63) is 29.8 Å². The van der Waals surface area contributed by atoms with Gasteiger partial charge in [0.1, 0.15) is 5.75 Å². The molecule has 0 spiro atoms. The maximum Gasteiger partial charge on any atom is 0.247 e. The Morgan fingerprint density at radius 1 is 1.33 bits per heavy atom. The van der Waals surface area contributed by atoms with Crippen LogP contribution in [-0.4, -0.2) is 19.3 Å². The summed E-state index contributed by atoms with van der Waals surface area (Å²) in [6.45, 7) is 0. The fraction of sp³-hybridized carbons (Fsp3) is 0.333. The quantitative estimate of drug-likeness (QED) is 0.827. The van der Waals surface area contributed by atoms with Crippen LogP contribution in [-0.2, 0) is 26.6 Å². The van der Waals surface area contributed by atoms with Crippen LogP contribution >= 0.6 is 17.1 Å². The van der Waals surface area contributed by atoms with Crippen molar-refractivity contribution in [3.63, 3.8) is 0 Å². The Morgan fingerprint density at radius 2 is 1.93 bits per heavy atom. The molecule has 0 unspecified atom stereocenters. The number of benzene rings is 1. The van der Waals surface area contributed by atoms with Crippen LogP contribution in [0.25, 0.3) is 0 Å². The van der Waals surface area contributed by atoms with Crippen molar-refractivity contribution in [1.82, 2.24) is 0 Å². The molecule has 1 rings (SSSR count). The lowest BCUT2D eigenvalue weighted by Gasteiger charge is -2.16. The predicted molar refractivity (Wildman–Crippen MR) is 67.7 cm³/mol. The van der Waals surface area contributed by atoms with Crippen LogP contribution in [0.1, 0.15) is 5.56 Å². The zero-order valence-corrected chi connectivity index (χ0v) is 11.1. The third-order valence-corrected chi connectivity index (χ3v) is 7.54.